The molecule has 3 aromatic heterocycles. The molecule has 1 amide bonds. The monoisotopic (exact) mass is 437 g/mol. The van der Waals surface area contributed by atoms with Gasteiger partial charge in [-0.3, -0.25) is 10.1 Å². The second kappa shape index (κ2) is 9.09. The lowest BCUT2D eigenvalue weighted by atomic mass is 10.2. The van der Waals surface area contributed by atoms with Gasteiger partial charge in [-0.25, -0.2) is 14.5 Å². The van der Waals surface area contributed by atoms with Crippen molar-refractivity contribution in [1.29, 1.82) is 0 Å². The van der Waals surface area contributed by atoms with Crippen molar-refractivity contribution in [2.75, 3.05) is 24.3 Å². The number of hydrogen-bond acceptors (Lipinski definition) is 8. The van der Waals surface area contributed by atoms with E-state index in [1.165, 1.54) is 11.3 Å². The van der Waals surface area contributed by atoms with Gasteiger partial charge in [-0.15, -0.1) is 16.4 Å². The Morgan fingerprint density at radius 2 is 1.84 bits per heavy atom. The summed E-state index contributed by atoms with van der Waals surface area (Å²) in [7, 11) is 1.64. The third kappa shape index (κ3) is 4.97. The molecule has 0 aliphatic carbocycles. The SMILES string of the molecule is COc1ccc(-c2csc3nc(NC(=O)CCCNc4nc(C)cc(C)n4)nn23)cc1. The predicted molar refractivity (Wildman–Crippen MR) is 121 cm³/mol. The molecule has 4 aromatic rings. The van der Waals surface area contributed by atoms with Crippen LogP contribution in [-0.4, -0.2) is 44.1 Å². The number of carbonyl (C=O) groups excluding carboxylic acids is 1. The van der Waals surface area contributed by atoms with Gasteiger partial charge in [-0.2, -0.15) is 4.98 Å². The summed E-state index contributed by atoms with van der Waals surface area (Å²) in [4.78, 5) is 26.1. The minimum atomic E-state index is -0.132. The molecule has 0 saturated heterocycles. The summed E-state index contributed by atoms with van der Waals surface area (Å²) in [6, 6.07) is 9.64. The fourth-order valence-corrected chi connectivity index (χ4v) is 3.97. The number of carbonyl (C=O) groups is 1. The van der Waals surface area contributed by atoms with Gasteiger partial charge in [0.1, 0.15) is 5.75 Å². The molecule has 0 unspecified atom stereocenters. The number of methoxy groups -OCH3 is 1. The van der Waals surface area contributed by atoms with E-state index in [0.717, 1.165) is 33.4 Å². The van der Waals surface area contributed by atoms with E-state index in [-0.39, 0.29) is 5.91 Å². The smallest absolute Gasteiger partial charge is 0.250 e. The Labute approximate surface area is 183 Å². The molecular weight excluding hydrogens is 414 g/mol. The molecule has 160 valence electrons. The van der Waals surface area contributed by atoms with Crippen LogP contribution in [0.2, 0.25) is 0 Å². The zero-order chi connectivity index (χ0) is 21.8. The Balaban J connectivity index is 1.33. The quantitative estimate of drug-likeness (QED) is 0.405. The Morgan fingerprint density at radius 3 is 2.55 bits per heavy atom. The van der Waals surface area contributed by atoms with Gasteiger partial charge in [0.25, 0.3) is 0 Å². The second-order valence-corrected chi connectivity index (χ2v) is 7.87. The van der Waals surface area contributed by atoms with Gasteiger partial charge < -0.3 is 10.1 Å². The fraction of sp³-hybridized carbons (Fsp3) is 0.286. The predicted octanol–water partition coefficient (Wildman–Crippen LogP) is 3.70. The highest BCUT2D eigenvalue weighted by Gasteiger charge is 2.13. The molecule has 0 aliphatic heterocycles. The number of amides is 1. The van der Waals surface area contributed by atoms with Gasteiger partial charge >= 0.3 is 0 Å². The minimum Gasteiger partial charge on any atom is -0.497 e. The van der Waals surface area contributed by atoms with Crippen LogP contribution in [0, 0.1) is 13.8 Å². The molecule has 2 N–H and O–H groups in total. The fourth-order valence-electron chi connectivity index (χ4n) is 3.14. The third-order valence-corrected chi connectivity index (χ3v) is 5.38. The van der Waals surface area contributed by atoms with Crippen molar-refractivity contribution < 1.29 is 9.53 Å². The van der Waals surface area contributed by atoms with Gasteiger partial charge in [0.05, 0.1) is 12.8 Å². The zero-order valence-corrected chi connectivity index (χ0v) is 18.4. The number of benzene rings is 1. The maximum atomic E-state index is 12.3. The van der Waals surface area contributed by atoms with Crippen LogP contribution in [0.25, 0.3) is 16.2 Å². The Kier molecular flexibility index (Phi) is 6.08. The lowest BCUT2D eigenvalue weighted by Crippen LogP contribution is -2.15. The number of rotatable bonds is 8. The van der Waals surface area contributed by atoms with Gasteiger partial charge in [0.2, 0.25) is 22.8 Å². The number of ether oxygens (including phenoxy) is 1. The summed E-state index contributed by atoms with van der Waals surface area (Å²) < 4.78 is 6.94. The highest BCUT2D eigenvalue weighted by molar-refractivity contribution is 7.15. The first-order valence-corrected chi connectivity index (χ1v) is 10.7. The molecule has 9 nitrogen and oxygen atoms in total. The summed E-state index contributed by atoms with van der Waals surface area (Å²) >= 11 is 1.47. The number of aromatic nitrogens is 5. The van der Waals surface area contributed by atoms with Crippen LogP contribution in [0.4, 0.5) is 11.9 Å². The van der Waals surface area contributed by atoms with Crippen molar-refractivity contribution in [2.24, 2.45) is 0 Å². The molecule has 0 bridgehead atoms. The van der Waals surface area contributed by atoms with E-state index in [0.29, 0.717) is 31.3 Å². The van der Waals surface area contributed by atoms with Crippen LogP contribution in [0.5, 0.6) is 5.75 Å². The Bertz CT molecular complexity index is 1180. The molecule has 4 rings (SSSR count). The van der Waals surface area contributed by atoms with E-state index >= 15 is 0 Å². The Hall–Kier alpha value is -3.53. The molecule has 31 heavy (non-hydrogen) atoms. The lowest BCUT2D eigenvalue weighted by Gasteiger charge is -2.06. The lowest BCUT2D eigenvalue weighted by molar-refractivity contribution is -0.116. The standard InChI is InChI=1S/C21H23N7O2S/c1-13-11-14(2)24-19(23-13)22-10-4-5-18(29)25-20-26-21-28(27-20)17(12-31-21)15-6-8-16(30-3)9-7-15/h6-9,11-12H,4-5,10H2,1-3H3,(H,22,23,24)(H,25,27,29). The molecule has 10 heteroatoms. The zero-order valence-electron chi connectivity index (χ0n) is 17.5. The van der Waals surface area contributed by atoms with Crippen LogP contribution in [0.15, 0.2) is 35.7 Å². The van der Waals surface area contributed by atoms with Crippen LogP contribution in [-0.2, 0) is 4.79 Å². The molecule has 0 saturated carbocycles. The molecule has 0 radical (unpaired) electrons. The molecule has 3 heterocycles. The van der Waals surface area contributed by atoms with Crippen molar-refractivity contribution in [1.82, 2.24) is 24.6 Å². The van der Waals surface area contributed by atoms with Gasteiger partial charge in [0, 0.05) is 35.3 Å². The summed E-state index contributed by atoms with van der Waals surface area (Å²) in [5.74, 6) is 1.55. The van der Waals surface area contributed by atoms with Crippen LogP contribution in [0.1, 0.15) is 24.2 Å². The number of nitrogens with zero attached hydrogens (tertiary/aromatic N) is 5. The van der Waals surface area contributed by atoms with Crippen molar-refractivity contribution in [2.45, 2.75) is 26.7 Å². The number of hydrogen-bond donors (Lipinski definition) is 2. The van der Waals surface area contributed by atoms with Crippen molar-refractivity contribution >= 4 is 34.1 Å². The molecule has 0 fully saturated rings. The van der Waals surface area contributed by atoms with E-state index in [1.807, 2.05) is 49.6 Å². The molecule has 0 atom stereocenters. The maximum Gasteiger partial charge on any atom is 0.250 e. The average Bonchev–Trinajstić information content (AvgIpc) is 3.31. The number of anilines is 2. The third-order valence-electron chi connectivity index (χ3n) is 4.56. The number of nitrogens with one attached hydrogen (secondary N) is 2. The number of fused-ring (bicyclic) bond motifs is 1. The summed E-state index contributed by atoms with van der Waals surface area (Å²) in [6.45, 7) is 4.45. The molecule has 0 spiro atoms. The van der Waals surface area contributed by atoms with E-state index in [4.69, 9.17) is 4.74 Å². The Morgan fingerprint density at radius 1 is 1.10 bits per heavy atom. The molecule has 1 aromatic carbocycles. The van der Waals surface area contributed by atoms with E-state index in [1.54, 1.807) is 11.6 Å². The van der Waals surface area contributed by atoms with Gasteiger partial charge in [-0.1, -0.05) is 0 Å². The second-order valence-electron chi connectivity index (χ2n) is 7.03. The van der Waals surface area contributed by atoms with E-state index < -0.39 is 0 Å². The number of aryl methyl sites for hydroxylation is 2. The topological polar surface area (TPSA) is 106 Å². The van der Waals surface area contributed by atoms with Crippen LogP contribution < -0.4 is 15.4 Å². The van der Waals surface area contributed by atoms with Crippen molar-refractivity contribution in [3.8, 4) is 17.0 Å². The number of thiazole rings is 1. The first kappa shape index (κ1) is 20.7. The summed E-state index contributed by atoms with van der Waals surface area (Å²) in [5, 5.41) is 12.4. The largest absolute Gasteiger partial charge is 0.497 e. The minimum absolute atomic E-state index is 0.132. The van der Waals surface area contributed by atoms with Crippen molar-refractivity contribution in [3.63, 3.8) is 0 Å². The molecular formula is C21H23N7O2S. The van der Waals surface area contributed by atoms with E-state index in [9.17, 15) is 4.79 Å². The molecule has 0 aliphatic rings. The maximum absolute atomic E-state index is 12.3. The summed E-state index contributed by atoms with van der Waals surface area (Å²) in [6.07, 6.45) is 0.984. The van der Waals surface area contributed by atoms with Crippen LogP contribution in [0.3, 0.4) is 0 Å². The highest BCUT2D eigenvalue weighted by atomic mass is 32.1. The average molecular weight is 438 g/mol. The van der Waals surface area contributed by atoms with E-state index in [2.05, 4.69) is 30.7 Å². The highest BCUT2D eigenvalue weighted by Crippen LogP contribution is 2.27. The first-order valence-electron chi connectivity index (χ1n) is 9.86. The summed E-state index contributed by atoms with van der Waals surface area (Å²) in [5.41, 5.74) is 3.72. The first-order chi connectivity index (χ1) is 15.0. The van der Waals surface area contributed by atoms with Crippen LogP contribution >= 0.6 is 11.3 Å². The normalized spacial score (nSPS) is 10.9. The van der Waals surface area contributed by atoms with Gasteiger partial charge in [-0.05, 0) is 50.6 Å². The van der Waals surface area contributed by atoms with Crippen molar-refractivity contribution in [3.05, 3.63) is 47.1 Å². The van der Waals surface area contributed by atoms with Gasteiger partial charge in [0.15, 0.2) is 0 Å².